The van der Waals surface area contributed by atoms with Crippen molar-refractivity contribution in [2.45, 2.75) is 0 Å². The Morgan fingerprint density at radius 3 is 2.55 bits per heavy atom. The molecule has 0 fully saturated rings. The zero-order valence-electron chi connectivity index (χ0n) is 11.7. The smallest absolute Gasteiger partial charge is 0.343 e. The van der Waals surface area contributed by atoms with Crippen molar-refractivity contribution in [2.24, 2.45) is 0 Å². The number of nitrogens with one attached hydrogen (secondary N) is 1. The first kappa shape index (κ1) is 12.7. The van der Waals surface area contributed by atoms with Gasteiger partial charge in [0.25, 0.3) is 0 Å². The normalized spacial score (nSPS) is 11.6. The van der Waals surface area contributed by atoms with E-state index in [9.17, 15) is 4.79 Å². The lowest BCUT2D eigenvalue weighted by Crippen LogP contribution is -1.99. The molecular weight excluding hydrogens is 274 g/mol. The molecule has 0 bridgehead atoms. The topological polar surface area (TPSA) is 46.0 Å². The number of H-pyrrole nitrogens is 1. The second-order valence-corrected chi connectivity index (χ2v) is 5.17. The Kier molecular flexibility index (Phi) is 2.90. The Morgan fingerprint density at radius 1 is 0.909 bits per heavy atom. The van der Waals surface area contributed by atoms with Gasteiger partial charge in [0, 0.05) is 16.8 Å². The first-order valence-corrected chi connectivity index (χ1v) is 7.08. The monoisotopic (exact) mass is 287 g/mol. The van der Waals surface area contributed by atoms with Gasteiger partial charge in [0.05, 0.1) is 5.39 Å². The van der Waals surface area contributed by atoms with Gasteiger partial charge in [-0.2, -0.15) is 0 Å². The van der Waals surface area contributed by atoms with Crippen LogP contribution in [0.15, 0.2) is 70.1 Å². The molecule has 106 valence electrons. The summed E-state index contributed by atoms with van der Waals surface area (Å²) >= 11 is 0. The average Bonchev–Trinajstić information content (AvgIpc) is 2.97. The minimum Gasteiger partial charge on any atom is -0.430 e. The molecule has 3 heteroatoms. The van der Waals surface area contributed by atoms with Crippen LogP contribution in [-0.2, 0) is 0 Å². The van der Waals surface area contributed by atoms with E-state index in [-0.39, 0.29) is 5.63 Å². The number of para-hydroxylation sites is 1. The third-order valence-corrected chi connectivity index (χ3v) is 3.74. The Hall–Kier alpha value is -3.07. The summed E-state index contributed by atoms with van der Waals surface area (Å²) in [6, 6.07) is 17.7. The molecule has 0 aliphatic carbocycles. The van der Waals surface area contributed by atoms with Crippen LogP contribution in [0.2, 0.25) is 0 Å². The van der Waals surface area contributed by atoms with Gasteiger partial charge in [-0.3, -0.25) is 0 Å². The second-order valence-electron chi connectivity index (χ2n) is 5.17. The number of benzene rings is 2. The molecule has 0 aliphatic rings. The van der Waals surface area contributed by atoms with E-state index in [0.717, 1.165) is 22.2 Å². The number of hydrogen-bond acceptors (Lipinski definition) is 2. The third-order valence-electron chi connectivity index (χ3n) is 3.74. The molecule has 22 heavy (non-hydrogen) atoms. The van der Waals surface area contributed by atoms with E-state index in [0.29, 0.717) is 5.39 Å². The zero-order valence-corrected chi connectivity index (χ0v) is 11.7. The van der Waals surface area contributed by atoms with E-state index in [1.54, 1.807) is 6.07 Å². The van der Waals surface area contributed by atoms with Crippen LogP contribution in [0.3, 0.4) is 0 Å². The molecule has 2 aromatic heterocycles. The van der Waals surface area contributed by atoms with Gasteiger partial charge in [-0.05, 0) is 41.1 Å². The molecule has 0 amide bonds. The molecule has 0 radical (unpaired) electrons. The Balaban J connectivity index is 1.80. The second kappa shape index (κ2) is 5.04. The predicted octanol–water partition coefficient (Wildman–Crippen LogP) is 4.44. The summed E-state index contributed by atoms with van der Waals surface area (Å²) in [7, 11) is 0. The maximum absolute atomic E-state index is 11.7. The van der Waals surface area contributed by atoms with Gasteiger partial charge in [-0.1, -0.05) is 36.4 Å². The average molecular weight is 287 g/mol. The van der Waals surface area contributed by atoms with Gasteiger partial charge >= 0.3 is 5.63 Å². The summed E-state index contributed by atoms with van der Waals surface area (Å²) in [4.78, 5) is 15.1. The van der Waals surface area contributed by atoms with Crippen LogP contribution in [0.4, 0.5) is 0 Å². The van der Waals surface area contributed by atoms with Crippen molar-refractivity contribution in [2.75, 3.05) is 0 Å². The highest BCUT2D eigenvalue weighted by Crippen LogP contribution is 2.20. The highest BCUT2D eigenvalue weighted by atomic mass is 16.4. The van der Waals surface area contributed by atoms with E-state index in [1.165, 1.54) is 11.6 Å². The first-order valence-electron chi connectivity index (χ1n) is 7.08. The lowest BCUT2D eigenvalue weighted by atomic mass is 10.1. The number of aromatic nitrogens is 1. The summed E-state index contributed by atoms with van der Waals surface area (Å²) in [5.74, 6) is 0. The Morgan fingerprint density at radius 2 is 1.68 bits per heavy atom. The highest BCUT2D eigenvalue weighted by Gasteiger charge is 2.03. The van der Waals surface area contributed by atoms with Gasteiger partial charge < -0.3 is 9.40 Å². The van der Waals surface area contributed by atoms with Gasteiger partial charge in [-0.15, -0.1) is 0 Å². The van der Waals surface area contributed by atoms with Gasteiger partial charge in [0.15, 0.2) is 0 Å². The van der Waals surface area contributed by atoms with Crippen molar-refractivity contribution in [1.82, 2.24) is 4.98 Å². The molecule has 1 N–H and O–H groups in total. The quantitative estimate of drug-likeness (QED) is 0.592. The molecule has 3 nitrogen and oxygen atoms in total. The lowest BCUT2D eigenvalue weighted by Gasteiger charge is -1.99. The maximum Gasteiger partial charge on any atom is 0.343 e. The summed E-state index contributed by atoms with van der Waals surface area (Å²) in [5.41, 5.74) is 2.69. The Bertz CT molecular complexity index is 1020. The summed E-state index contributed by atoms with van der Waals surface area (Å²) in [6.45, 7) is 0. The van der Waals surface area contributed by atoms with Crippen LogP contribution >= 0.6 is 0 Å². The fraction of sp³-hybridized carbons (Fsp3) is 0. The molecule has 0 saturated carbocycles. The molecule has 4 aromatic rings. The molecular formula is C19H13NO2. The van der Waals surface area contributed by atoms with Crippen molar-refractivity contribution >= 4 is 33.8 Å². The number of hydrogen-bond donors (Lipinski definition) is 1. The van der Waals surface area contributed by atoms with Crippen molar-refractivity contribution in [1.29, 1.82) is 0 Å². The minimum atomic E-state index is -0.307. The van der Waals surface area contributed by atoms with Gasteiger partial charge in [0.2, 0.25) is 0 Å². The maximum atomic E-state index is 11.7. The van der Waals surface area contributed by atoms with E-state index >= 15 is 0 Å². The summed E-state index contributed by atoms with van der Waals surface area (Å²) < 4.78 is 5.10. The van der Waals surface area contributed by atoms with Crippen LogP contribution < -0.4 is 5.63 Å². The molecule has 2 heterocycles. The van der Waals surface area contributed by atoms with E-state index < -0.39 is 0 Å². The fourth-order valence-electron chi connectivity index (χ4n) is 2.65. The number of rotatable bonds is 2. The van der Waals surface area contributed by atoms with Crippen LogP contribution in [0.1, 0.15) is 11.3 Å². The van der Waals surface area contributed by atoms with Crippen LogP contribution in [-0.4, -0.2) is 4.98 Å². The Labute approximate surface area is 126 Å². The summed E-state index contributed by atoms with van der Waals surface area (Å²) in [6.07, 6.45) is 5.45. The van der Waals surface area contributed by atoms with Crippen molar-refractivity contribution < 1.29 is 4.42 Å². The molecule has 0 spiro atoms. The van der Waals surface area contributed by atoms with E-state index in [1.807, 2.05) is 48.6 Å². The van der Waals surface area contributed by atoms with Crippen molar-refractivity contribution in [3.8, 4) is 0 Å². The number of fused-ring (bicyclic) bond motifs is 2. The highest BCUT2D eigenvalue weighted by molar-refractivity contribution is 5.92. The number of aromatic amines is 1. The van der Waals surface area contributed by atoms with Crippen LogP contribution in [0.25, 0.3) is 33.8 Å². The van der Waals surface area contributed by atoms with E-state index in [2.05, 4.69) is 17.1 Å². The molecule has 4 rings (SSSR count). The van der Waals surface area contributed by atoms with Crippen molar-refractivity contribution in [3.63, 3.8) is 0 Å². The van der Waals surface area contributed by atoms with Crippen LogP contribution in [0.5, 0.6) is 0 Å². The van der Waals surface area contributed by atoms with E-state index in [4.69, 9.17) is 4.42 Å². The molecule has 0 atom stereocenters. The summed E-state index contributed by atoms with van der Waals surface area (Å²) in [5, 5.41) is 2.67. The van der Waals surface area contributed by atoms with Crippen LogP contribution in [0, 0.1) is 0 Å². The largest absolute Gasteiger partial charge is 0.430 e. The molecule has 0 saturated heterocycles. The molecule has 0 aliphatic heterocycles. The fourth-order valence-corrected chi connectivity index (χ4v) is 2.65. The first-order chi connectivity index (χ1) is 10.8. The predicted molar refractivity (Wildman–Crippen MR) is 89.7 cm³/mol. The molecule has 0 unspecified atom stereocenters. The third kappa shape index (κ3) is 2.13. The standard InChI is InChI=1S/C19H13NO2/c21-19-17-7-3-2-6-16(17)14(12-22-19)9-10-15-11-13-5-1-4-8-18(13)20-15/h1-12,20H/b10-9-. The molecule has 2 aromatic carbocycles. The minimum absolute atomic E-state index is 0.307. The zero-order chi connectivity index (χ0) is 14.9. The SMILES string of the molecule is O=c1occ(/C=C\c2cc3ccccc3[nH]2)c2ccccc12. The van der Waals surface area contributed by atoms with Crippen molar-refractivity contribution in [3.05, 3.63) is 82.5 Å². The lowest BCUT2D eigenvalue weighted by molar-refractivity contribution is 0.518. The van der Waals surface area contributed by atoms with Gasteiger partial charge in [0.1, 0.15) is 6.26 Å². The van der Waals surface area contributed by atoms with Gasteiger partial charge in [-0.25, -0.2) is 4.79 Å².